The number of benzene rings is 2. The summed E-state index contributed by atoms with van der Waals surface area (Å²) in [6, 6.07) is 17.6. The molecule has 1 aliphatic rings. The van der Waals surface area contributed by atoms with Gasteiger partial charge in [0, 0.05) is 22.6 Å². The van der Waals surface area contributed by atoms with Crippen molar-refractivity contribution in [2.45, 2.75) is 23.3 Å². The predicted molar refractivity (Wildman–Crippen MR) is 89.5 cm³/mol. The topological polar surface area (TPSA) is 21.3 Å². The quantitative estimate of drug-likeness (QED) is 0.909. The highest BCUT2D eigenvalue weighted by Crippen LogP contribution is 2.41. The Kier molecular flexibility index (Phi) is 4.51. The van der Waals surface area contributed by atoms with Crippen LogP contribution in [0.4, 0.5) is 0 Å². The monoisotopic (exact) mass is 299 g/mol. The first-order valence-electron chi connectivity index (χ1n) is 7.33. The van der Waals surface area contributed by atoms with Crippen LogP contribution in [-0.4, -0.2) is 26.0 Å². The van der Waals surface area contributed by atoms with Gasteiger partial charge in [0.1, 0.15) is 5.75 Å². The van der Waals surface area contributed by atoms with Gasteiger partial charge in [-0.2, -0.15) is 0 Å². The summed E-state index contributed by atoms with van der Waals surface area (Å²) in [5.74, 6) is 2.67. The van der Waals surface area contributed by atoms with Gasteiger partial charge in [0.2, 0.25) is 0 Å². The Bertz CT molecular complexity index is 614. The van der Waals surface area contributed by atoms with Gasteiger partial charge in [0.25, 0.3) is 0 Å². The SMILES string of the molecule is CNC(Cc1cccc(OC)c1)C1CSc2ccccc21. The Morgan fingerprint density at radius 2 is 2.10 bits per heavy atom. The molecule has 0 fully saturated rings. The fourth-order valence-electron chi connectivity index (χ4n) is 3.02. The molecule has 3 rings (SSSR count). The molecule has 0 bridgehead atoms. The van der Waals surface area contributed by atoms with Crippen LogP contribution in [0.2, 0.25) is 0 Å². The zero-order valence-corrected chi connectivity index (χ0v) is 13.3. The minimum Gasteiger partial charge on any atom is -0.497 e. The lowest BCUT2D eigenvalue weighted by atomic mass is 9.89. The molecule has 0 aromatic heterocycles. The van der Waals surface area contributed by atoms with Gasteiger partial charge in [-0.1, -0.05) is 30.3 Å². The van der Waals surface area contributed by atoms with E-state index in [1.54, 1.807) is 7.11 Å². The summed E-state index contributed by atoms with van der Waals surface area (Å²) in [6.45, 7) is 0. The third-order valence-corrected chi connectivity index (χ3v) is 5.39. The third kappa shape index (κ3) is 3.09. The van der Waals surface area contributed by atoms with Gasteiger partial charge in [-0.25, -0.2) is 0 Å². The van der Waals surface area contributed by atoms with Crippen LogP contribution in [0.1, 0.15) is 17.0 Å². The second kappa shape index (κ2) is 6.54. The van der Waals surface area contributed by atoms with E-state index in [9.17, 15) is 0 Å². The van der Waals surface area contributed by atoms with Crippen LogP contribution in [0.15, 0.2) is 53.4 Å². The van der Waals surface area contributed by atoms with Crippen LogP contribution < -0.4 is 10.1 Å². The van der Waals surface area contributed by atoms with E-state index in [0.29, 0.717) is 12.0 Å². The average Bonchev–Trinajstić information content (AvgIpc) is 2.97. The summed E-state index contributed by atoms with van der Waals surface area (Å²) in [5, 5.41) is 3.52. The van der Waals surface area contributed by atoms with E-state index in [2.05, 4.69) is 54.8 Å². The molecule has 2 nitrogen and oxygen atoms in total. The number of hydrogen-bond acceptors (Lipinski definition) is 3. The van der Waals surface area contributed by atoms with Gasteiger partial charge in [-0.05, 0) is 42.8 Å². The van der Waals surface area contributed by atoms with Crippen LogP contribution >= 0.6 is 11.8 Å². The first-order valence-corrected chi connectivity index (χ1v) is 8.32. The van der Waals surface area contributed by atoms with E-state index in [1.165, 1.54) is 16.0 Å². The number of nitrogens with one attached hydrogen (secondary N) is 1. The fraction of sp³-hybridized carbons (Fsp3) is 0.333. The molecule has 1 heterocycles. The van der Waals surface area contributed by atoms with Crippen LogP contribution in [0, 0.1) is 0 Å². The highest BCUT2D eigenvalue weighted by atomic mass is 32.2. The summed E-state index contributed by atoms with van der Waals surface area (Å²) in [4.78, 5) is 1.44. The van der Waals surface area contributed by atoms with Gasteiger partial charge in [-0.3, -0.25) is 0 Å². The van der Waals surface area contributed by atoms with Crippen LogP contribution in [0.3, 0.4) is 0 Å². The maximum atomic E-state index is 5.33. The molecule has 2 aromatic rings. The molecular formula is C18H21NOS. The molecule has 2 unspecified atom stereocenters. The second-order valence-corrected chi connectivity index (χ2v) is 6.47. The van der Waals surface area contributed by atoms with E-state index in [-0.39, 0.29) is 0 Å². The number of ether oxygens (including phenoxy) is 1. The molecule has 3 heteroatoms. The first-order chi connectivity index (χ1) is 10.3. The Morgan fingerprint density at radius 1 is 1.24 bits per heavy atom. The normalized spacial score (nSPS) is 18.3. The predicted octanol–water partition coefficient (Wildman–Crippen LogP) is 3.72. The van der Waals surface area contributed by atoms with Crippen molar-refractivity contribution in [2.75, 3.05) is 19.9 Å². The second-order valence-electron chi connectivity index (χ2n) is 5.41. The van der Waals surface area contributed by atoms with Crippen molar-refractivity contribution in [2.24, 2.45) is 0 Å². The molecule has 1 aliphatic heterocycles. The molecule has 110 valence electrons. The van der Waals surface area contributed by atoms with Crippen LogP contribution in [0.5, 0.6) is 5.75 Å². The van der Waals surface area contributed by atoms with Crippen molar-refractivity contribution >= 4 is 11.8 Å². The number of hydrogen-bond donors (Lipinski definition) is 1. The lowest BCUT2D eigenvalue weighted by molar-refractivity contribution is 0.413. The number of thioether (sulfide) groups is 1. The average molecular weight is 299 g/mol. The van der Waals surface area contributed by atoms with Gasteiger partial charge in [-0.15, -0.1) is 11.8 Å². The Hall–Kier alpha value is -1.45. The zero-order chi connectivity index (χ0) is 14.7. The lowest BCUT2D eigenvalue weighted by Crippen LogP contribution is -2.34. The highest BCUT2D eigenvalue weighted by Gasteiger charge is 2.29. The van der Waals surface area contributed by atoms with E-state index in [4.69, 9.17) is 4.74 Å². The van der Waals surface area contributed by atoms with E-state index in [0.717, 1.165) is 17.9 Å². The van der Waals surface area contributed by atoms with E-state index >= 15 is 0 Å². The van der Waals surface area contributed by atoms with E-state index < -0.39 is 0 Å². The summed E-state index contributed by atoms with van der Waals surface area (Å²) >= 11 is 1.97. The van der Waals surface area contributed by atoms with Crippen molar-refractivity contribution in [3.8, 4) is 5.75 Å². The molecule has 1 N–H and O–H groups in total. The molecule has 21 heavy (non-hydrogen) atoms. The molecule has 0 saturated carbocycles. The number of rotatable bonds is 5. The molecule has 0 aliphatic carbocycles. The molecule has 0 amide bonds. The summed E-state index contributed by atoms with van der Waals surface area (Å²) < 4.78 is 5.33. The summed E-state index contributed by atoms with van der Waals surface area (Å²) in [6.07, 6.45) is 1.02. The third-order valence-electron chi connectivity index (χ3n) is 4.18. The van der Waals surface area contributed by atoms with E-state index in [1.807, 2.05) is 17.8 Å². The molecule has 2 atom stereocenters. The standard InChI is InChI=1S/C18H21NOS/c1-19-17(11-13-6-5-7-14(10-13)20-2)16-12-21-18-9-4-3-8-15(16)18/h3-10,16-17,19H,11-12H2,1-2H3. The largest absolute Gasteiger partial charge is 0.497 e. The number of fused-ring (bicyclic) bond motifs is 1. The highest BCUT2D eigenvalue weighted by molar-refractivity contribution is 7.99. The van der Waals surface area contributed by atoms with Crippen LogP contribution in [0.25, 0.3) is 0 Å². The van der Waals surface area contributed by atoms with Gasteiger partial charge in [0.15, 0.2) is 0 Å². The zero-order valence-electron chi connectivity index (χ0n) is 12.5. The minimum atomic E-state index is 0.452. The summed E-state index contributed by atoms with van der Waals surface area (Å²) in [7, 11) is 3.79. The Labute approximate surface area is 130 Å². The van der Waals surface area contributed by atoms with Crippen LogP contribution in [-0.2, 0) is 6.42 Å². The Morgan fingerprint density at radius 3 is 2.90 bits per heavy atom. The minimum absolute atomic E-state index is 0.452. The number of likely N-dealkylation sites (N-methyl/N-ethyl adjacent to an activating group) is 1. The molecule has 0 saturated heterocycles. The van der Waals surface area contributed by atoms with Crippen molar-refractivity contribution in [3.05, 3.63) is 59.7 Å². The molecule has 0 spiro atoms. The van der Waals surface area contributed by atoms with Gasteiger partial charge >= 0.3 is 0 Å². The van der Waals surface area contributed by atoms with Gasteiger partial charge in [0.05, 0.1) is 7.11 Å². The molecule has 0 radical (unpaired) electrons. The summed E-state index contributed by atoms with van der Waals surface area (Å²) in [5.41, 5.74) is 2.81. The lowest BCUT2D eigenvalue weighted by Gasteiger charge is -2.24. The van der Waals surface area contributed by atoms with Crippen molar-refractivity contribution in [1.82, 2.24) is 5.32 Å². The maximum absolute atomic E-state index is 5.33. The maximum Gasteiger partial charge on any atom is 0.119 e. The van der Waals surface area contributed by atoms with Crippen molar-refractivity contribution in [1.29, 1.82) is 0 Å². The number of methoxy groups -OCH3 is 1. The fourth-order valence-corrected chi connectivity index (χ4v) is 4.35. The molecule has 2 aromatic carbocycles. The van der Waals surface area contributed by atoms with Crippen molar-refractivity contribution in [3.63, 3.8) is 0 Å². The van der Waals surface area contributed by atoms with Crippen molar-refractivity contribution < 1.29 is 4.74 Å². The molecular weight excluding hydrogens is 278 g/mol. The first kappa shape index (κ1) is 14.5. The van der Waals surface area contributed by atoms with Gasteiger partial charge < -0.3 is 10.1 Å². The Balaban J connectivity index is 1.80. The smallest absolute Gasteiger partial charge is 0.119 e.